The molecule has 2 fully saturated rings. The molecule has 0 unspecified atom stereocenters. The third-order valence-electron chi connectivity index (χ3n) is 5.21. The molecule has 0 amide bonds. The third kappa shape index (κ3) is 3.23. The fraction of sp³-hybridized carbons (Fsp3) is 0.667. The van der Waals surface area contributed by atoms with E-state index in [1.807, 2.05) is 12.1 Å². The molecule has 0 aromatic heterocycles. The summed E-state index contributed by atoms with van der Waals surface area (Å²) >= 11 is 0. The number of phenols is 1. The van der Waals surface area contributed by atoms with Crippen molar-refractivity contribution in [2.24, 2.45) is 5.92 Å². The van der Waals surface area contributed by atoms with Crippen LogP contribution in [0.1, 0.15) is 43.7 Å². The van der Waals surface area contributed by atoms with Crippen molar-refractivity contribution in [1.82, 2.24) is 10.2 Å². The van der Waals surface area contributed by atoms with Crippen LogP contribution in [0.3, 0.4) is 0 Å². The summed E-state index contributed by atoms with van der Waals surface area (Å²) in [5.41, 5.74) is 1.05. The van der Waals surface area contributed by atoms with E-state index in [0.29, 0.717) is 23.5 Å². The minimum absolute atomic E-state index is 0.317. The Morgan fingerprint density at radius 2 is 1.91 bits per heavy atom. The highest BCUT2D eigenvalue weighted by Gasteiger charge is 2.33. The monoisotopic (exact) mass is 304 g/mol. The largest absolute Gasteiger partial charge is 0.504 e. The van der Waals surface area contributed by atoms with Gasteiger partial charge < -0.3 is 15.2 Å². The molecule has 122 valence electrons. The fourth-order valence-electron chi connectivity index (χ4n) is 4.10. The Labute approximate surface area is 133 Å². The number of nitrogens with one attached hydrogen (secondary N) is 1. The van der Waals surface area contributed by atoms with Crippen molar-refractivity contribution in [3.8, 4) is 11.5 Å². The molecule has 4 nitrogen and oxygen atoms in total. The van der Waals surface area contributed by atoms with Gasteiger partial charge in [0.25, 0.3) is 0 Å². The minimum atomic E-state index is 0.317. The SMILES string of the molecule is COc1cccc([C@@H](C2CCCCC2)N2CCNCC2)c1O. The van der Waals surface area contributed by atoms with Crippen molar-refractivity contribution in [2.75, 3.05) is 33.3 Å². The maximum absolute atomic E-state index is 10.7. The van der Waals surface area contributed by atoms with Crippen LogP contribution in [-0.2, 0) is 0 Å². The van der Waals surface area contributed by atoms with Crippen molar-refractivity contribution in [2.45, 2.75) is 38.1 Å². The summed E-state index contributed by atoms with van der Waals surface area (Å²) in [6.07, 6.45) is 6.53. The molecule has 1 heterocycles. The quantitative estimate of drug-likeness (QED) is 0.898. The molecular formula is C18H28N2O2. The average Bonchev–Trinajstić information content (AvgIpc) is 2.59. The molecular weight excluding hydrogens is 276 g/mol. The van der Waals surface area contributed by atoms with Crippen LogP contribution < -0.4 is 10.1 Å². The number of methoxy groups -OCH3 is 1. The number of hydrogen-bond acceptors (Lipinski definition) is 4. The standard InChI is InChI=1S/C18H28N2O2/c1-22-16-9-5-8-15(18(16)21)17(14-6-3-2-4-7-14)20-12-10-19-11-13-20/h5,8-9,14,17,19,21H,2-4,6-7,10-13H2,1H3/t17-/m1/s1. The van der Waals surface area contributed by atoms with Gasteiger partial charge in [-0.2, -0.15) is 0 Å². The highest BCUT2D eigenvalue weighted by Crippen LogP contribution is 2.44. The highest BCUT2D eigenvalue weighted by molar-refractivity contribution is 5.47. The smallest absolute Gasteiger partial charge is 0.162 e. The van der Waals surface area contributed by atoms with Gasteiger partial charge in [-0.1, -0.05) is 31.4 Å². The second-order valence-electron chi connectivity index (χ2n) is 6.53. The summed E-state index contributed by atoms with van der Waals surface area (Å²) in [5, 5.41) is 14.1. The summed E-state index contributed by atoms with van der Waals surface area (Å²) in [6, 6.07) is 6.25. The van der Waals surface area contributed by atoms with Gasteiger partial charge in [-0.25, -0.2) is 0 Å². The topological polar surface area (TPSA) is 44.7 Å². The number of phenolic OH excluding ortho intramolecular Hbond substituents is 1. The molecule has 0 spiro atoms. The Balaban J connectivity index is 1.93. The maximum Gasteiger partial charge on any atom is 0.162 e. The Hall–Kier alpha value is -1.26. The highest BCUT2D eigenvalue weighted by atomic mass is 16.5. The molecule has 1 saturated heterocycles. The number of piperazine rings is 1. The zero-order valence-corrected chi connectivity index (χ0v) is 13.6. The van der Waals surface area contributed by atoms with Gasteiger partial charge in [0.05, 0.1) is 7.11 Å². The Morgan fingerprint density at radius 3 is 2.59 bits per heavy atom. The second-order valence-corrected chi connectivity index (χ2v) is 6.53. The van der Waals surface area contributed by atoms with Gasteiger partial charge in [0.2, 0.25) is 0 Å². The van der Waals surface area contributed by atoms with Crippen molar-refractivity contribution in [1.29, 1.82) is 0 Å². The summed E-state index contributed by atoms with van der Waals surface area (Å²) in [5.74, 6) is 1.57. The summed E-state index contributed by atoms with van der Waals surface area (Å²) in [6.45, 7) is 4.18. The van der Waals surface area contributed by atoms with E-state index in [2.05, 4.69) is 16.3 Å². The normalized spacial score (nSPS) is 22.4. The summed E-state index contributed by atoms with van der Waals surface area (Å²) in [4.78, 5) is 2.56. The van der Waals surface area contributed by atoms with Gasteiger partial charge in [0, 0.05) is 37.8 Å². The molecule has 1 atom stereocenters. The number of ether oxygens (including phenoxy) is 1. The van der Waals surface area contributed by atoms with Crippen LogP contribution >= 0.6 is 0 Å². The molecule has 1 saturated carbocycles. The fourth-order valence-corrected chi connectivity index (χ4v) is 4.10. The molecule has 1 aromatic carbocycles. The second kappa shape index (κ2) is 7.34. The lowest BCUT2D eigenvalue weighted by Gasteiger charge is -2.41. The molecule has 1 aliphatic carbocycles. The first-order valence-electron chi connectivity index (χ1n) is 8.62. The molecule has 0 radical (unpaired) electrons. The van der Waals surface area contributed by atoms with E-state index < -0.39 is 0 Å². The predicted octanol–water partition coefficient (Wildman–Crippen LogP) is 2.93. The number of aromatic hydroxyl groups is 1. The molecule has 2 aliphatic rings. The van der Waals surface area contributed by atoms with Gasteiger partial charge in [-0.05, 0) is 24.8 Å². The van der Waals surface area contributed by atoms with Crippen molar-refractivity contribution in [3.63, 3.8) is 0 Å². The molecule has 2 N–H and O–H groups in total. The summed E-state index contributed by atoms with van der Waals surface area (Å²) < 4.78 is 5.33. The lowest BCUT2D eigenvalue weighted by molar-refractivity contribution is 0.101. The first kappa shape index (κ1) is 15.6. The van der Waals surface area contributed by atoms with Crippen LogP contribution in [0.15, 0.2) is 18.2 Å². The zero-order chi connectivity index (χ0) is 15.4. The number of benzene rings is 1. The van der Waals surface area contributed by atoms with Crippen LogP contribution in [0.2, 0.25) is 0 Å². The van der Waals surface area contributed by atoms with Crippen LogP contribution in [0.5, 0.6) is 11.5 Å². The number of rotatable bonds is 4. The van der Waals surface area contributed by atoms with Crippen molar-refractivity contribution in [3.05, 3.63) is 23.8 Å². The molecule has 22 heavy (non-hydrogen) atoms. The van der Waals surface area contributed by atoms with E-state index in [1.165, 1.54) is 32.1 Å². The van der Waals surface area contributed by atoms with E-state index in [1.54, 1.807) is 7.11 Å². The average molecular weight is 304 g/mol. The third-order valence-corrected chi connectivity index (χ3v) is 5.21. The van der Waals surface area contributed by atoms with E-state index in [9.17, 15) is 5.11 Å². The molecule has 0 bridgehead atoms. The Bertz CT molecular complexity index is 462. The molecule has 1 aromatic rings. The first-order valence-corrected chi connectivity index (χ1v) is 8.62. The van der Waals surface area contributed by atoms with Crippen LogP contribution in [-0.4, -0.2) is 43.3 Å². The maximum atomic E-state index is 10.7. The van der Waals surface area contributed by atoms with E-state index >= 15 is 0 Å². The summed E-state index contributed by atoms with van der Waals surface area (Å²) in [7, 11) is 1.62. The van der Waals surface area contributed by atoms with Crippen LogP contribution in [0.4, 0.5) is 0 Å². The lowest BCUT2D eigenvalue weighted by atomic mass is 9.80. The zero-order valence-electron chi connectivity index (χ0n) is 13.6. The van der Waals surface area contributed by atoms with Gasteiger partial charge in [0.1, 0.15) is 0 Å². The first-order chi connectivity index (χ1) is 10.8. The van der Waals surface area contributed by atoms with Gasteiger partial charge in [0.15, 0.2) is 11.5 Å². The van der Waals surface area contributed by atoms with Crippen molar-refractivity contribution >= 4 is 0 Å². The van der Waals surface area contributed by atoms with Gasteiger partial charge in [-0.15, -0.1) is 0 Å². The van der Waals surface area contributed by atoms with E-state index in [-0.39, 0.29) is 0 Å². The van der Waals surface area contributed by atoms with Gasteiger partial charge >= 0.3 is 0 Å². The van der Waals surface area contributed by atoms with Crippen LogP contribution in [0.25, 0.3) is 0 Å². The van der Waals surface area contributed by atoms with E-state index in [0.717, 1.165) is 31.7 Å². The molecule has 1 aliphatic heterocycles. The van der Waals surface area contributed by atoms with Gasteiger partial charge in [-0.3, -0.25) is 4.90 Å². The predicted molar refractivity (Wildman–Crippen MR) is 88.4 cm³/mol. The van der Waals surface area contributed by atoms with Crippen LogP contribution in [0, 0.1) is 5.92 Å². The molecule has 3 rings (SSSR count). The minimum Gasteiger partial charge on any atom is -0.504 e. The molecule has 4 heteroatoms. The number of nitrogens with zero attached hydrogens (tertiary/aromatic N) is 1. The number of hydrogen-bond donors (Lipinski definition) is 2. The van der Waals surface area contributed by atoms with E-state index in [4.69, 9.17) is 4.74 Å². The number of para-hydroxylation sites is 1. The van der Waals surface area contributed by atoms with Crippen molar-refractivity contribution < 1.29 is 9.84 Å². The lowest BCUT2D eigenvalue weighted by Crippen LogP contribution is -2.47. The Kier molecular flexibility index (Phi) is 5.21. The Morgan fingerprint density at radius 1 is 1.18 bits per heavy atom.